The van der Waals surface area contributed by atoms with Crippen LogP contribution in [0.4, 0.5) is 18.9 Å². The molecule has 1 amide bonds. The van der Waals surface area contributed by atoms with Gasteiger partial charge in [-0.15, -0.1) is 0 Å². The summed E-state index contributed by atoms with van der Waals surface area (Å²) in [6, 6.07) is 11.3. The van der Waals surface area contributed by atoms with Crippen LogP contribution in [-0.2, 0) is 6.18 Å². The van der Waals surface area contributed by atoms with E-state index in [1.54, 1.807) is 12.1 Å². The molecule has 0 bridgehead atoms. The Kier molecular flexibility index (Phi) is 5.44. The molecule has 9 heteroatoms. The fraction of sp³-hybridized carbons (Fsp3) is 0.105. The third-order valence-electron chi connectivity index (χ3n) is 3.61. The predicted molar refractivity (Wildman–Crippen MR) is 94.5 cm³/mol. The van der Waals surface area contributed by atoms with Crippen molar-refractivity contribution in [1.82, 2.24) is 9.97 Å². The van der Waals surface area contributed by atoms with Crippen LogP contribution in [0.5, 0.6) is 17.5 Å². The summed E-state index contributed by atoms with van der Waals surface area (Å²) in [6.45, 7) is 0. The minimum absolute atomic E-state index is 0.00880. The summed E-state index contributed by atoms with van der Waals surface area (Å²) in [4.78, 5) is 19.9. The summed E-state index contributed by atoms with van der Waals surface area (Å²) >= 11 is 0. The zero-order valence-corrected chi connectivity index (χ0v) is 14.5. The van der Waals surface area contributed by atoms with Crippen molar-refractivity contribution in [2.24, 2.45) is 0 Å². The second-order valence-electron chi connectivity index (χ2n) is 5.55. The van der Waals surface area contributed by atoms with Crippen molar-refractivity contribution in [3.8, 4) is 17.5 Å². The molecule has 1 aromatic carbocycles. The van der Waals surface area contributed by atoms with Crippen molar-refractivity contribution in [3.63, 3.8) is 0 Å². The highest BCUT2D eigenvalue weighted by Crippen LogP contribution is 2.30. The minimum Gasteiger partial charge on any atom is -0.481 e. The van der Waals surface area contributed by atoms with Crippen molar-refractivity contribution in [2.45, 2.75) is 6.18 Å². The van der Waals surface area contributed by atoms with Gasteiger partial charge in [-0.05, 0) is 36.4 Å². The number of halogens is 3. The molecule has 0 atom stereocenters. The van der Waals surface area contributed by atoms with Crippen molar-refractivity contribution in [3.05, 3.63) is 72.1 Å². The van der Waals surface area contributed by atoms with Gasteiger partial charge in [-0.25, -0.2) is 9.97 Å². The Bertz CT molecular complexity index is 941. The van der Waals surface area contributed by atoms with Crippen LogP contribution in [0, 0.1) is 0 Å². The van der Waals surface area contributed by atoms with Gasteiger partial charge >= 0.3 is 6.18 Å². The van der Waals surface area contributed by atoms with Gasteiger partial charge in [-0.3, -0.25) is 4.79 Å². The summed E-state index contributed by atoms with van der Waals surface area (Å²) in [6.07, 6.45) is -2.30. The van der Waals surface area contributed by atoms with Gasteiger partial charge in [-0.2, -0.15) is 13.2 Å². The van der Waals surface area contributed by atoms with Gasteiger partial charge in [0, 0.05) is 23.9 Å². The van der Waals surface area contributed by atoms with E-state index in [0.717, 1.165) is 12.1 Å². The van der Waals surface area contributed by atoms with E-state index >= 15 is 0 Å². The first-order chi connectivity index (χ1) is 13.3. The third-order valence-corrected chi connectivity index (χ3v) is 3.61. The number of nitrogens with one attached hydrogen (secondary N) is 1. The van der Waals surface area contributed by atoms with Gasteiger partial charge in [0.15, 0.2) is 0 Å². The van der Waals surface area contributed by atoms with Crippen LogP contribution >= 0.6 is 0 Å². The lowest BCUT2D eigenvalue weighted by Gasteiger charge is -2.09. The summed E-state index contributed by atoms with van der Waals surface area (Å²) in [5.74, 6) is 0.409. The summed E-state index contributed by atoms with van der Waals surface area (Å²) in [5.41, 5.74) is 0.00326. The van der Waals surface area contributed by atoms with E-state index in [0.29, 0.717) is 29.1 Å². The highest BCUT2D eigenvalue weighted by Gasteiger charge is 2.30. The van der Waals surface area contributed by atoms with Crippen LogP contribution < -0.4 is 14.8 Å². The zero-order valence-electron chi connectivity index (χ0n) is 14.5. The second kappa shape index (κ2) is 7.95. The summed E-state index contributed by atoms with van der Waals surface area (Å²) in [5, 5.41) is 2.68. The lowest BCUT2D eigenvalue weighted by Crippen LogP contribution is -2.11. The molecule has 0 aliphatic rings. The Morgan fingerprint density at radius 3 is 2.14 bits per heavy atom. The van der Waals surface area contributed by atoms with Gasteiger partial charge in [-0.1, -0.05) is 0 Å². The molecule has 0 fully saturated rings. The molecule has 6 nitrogen and oxygen atoms in total. The van der Waals surface area contributed by atoms with Crippen molar-refractivity contribution >= 4 is 11.6 Å². The first-order valence-electron chi connectivity index (χ1n) is 7.98. The average Bonchev–Trinajstić information content (AvgIpc) is 2.69. The van der Waals surface area contributed by atoms with E-state index in [-0.39, 0.29) is 11.8 Å². The molecule has 0 saturated carbocycles. The first kappa shape index (κ1) is 19.2. The van der Waals surface area contributed by atoms with Crippen LogP contribution in [0.1, 0.15) is 15.9 Å². The highest BCUT2D eigenvalue weighted by molar-refractivity contribution is 6.04. The zero-order chi connectivity index (χ0) is 20.1. The molecule has 3 rings (SSSR count). The van der Waals surface area contributed by atoms with E-state index in [9.17, 15) is 18.0 Å². The van der Waals surface area contributed by atoms with E-state index in [2.05, 4.69) is 15.3 Å². The van der Waals surface area contributed by atoms with Gasteiger partial charge in [0.1, 0.15) is 5.75 Å². The number of nitrogens with zero attached hydrogens (tertiary/aromatic N) is 2. The highest BCUT2D eigenvalue weighted by atomic mass is 19.4. The Hall–Kier alpha value is -3.62. The lowest BCUT2D eigenvalue weighted by molar-refractivity contribution is -0.137. The fourth-order valence-corrected chi connectivity index (χ4v) is 2.18. The number of ether oxygens (including phenoxy) is 2. The van der Waals surface area contributed by atoms with E-state index in [4.69, 9.17) is 9.47 Å². The quantitative estimate of drug-likeness (QED) is 0.693. The molecule has 0 unspecified atom stereocenters. The van der Waals surface area contributed by atoms with Gasteiger partial charge in [0.25, 0.3) is 5.91 Å². The number of amides is 1. The topological polar surface area (TPSA) is 73.3 Å². The minimum atomic E-state index is -4.46. The number of hydrogen-bond acceptors (Lipinski definition) is 5. The maximum absolute atomic E-state index is 12.5. The van der Waals surface area contributed by atoms with Crippen molar-refractivity contribution < 1.29 is 27.4 Å². The number of methoxy groups -OCH3 is 1. The molecule has 3 aromatic rings. The maximum atomic E-state index is 12.5. The summed E-state index contributed by atoms with van der Waals surface area (Å²) in [7, 11) is 1.49. The first-order valence-corrected chi connectivity index (χ1v) is 7.98. The Morgan fingerprint density at radius 2 is 1.61 bits per heavy atom. The lowest BCUT2D eigenvalue weighted by atomic mass is 10.2. The molecule has 0 radical (unpaired) electrons. The molecule has 1 N–H and O–H groups in total. The molecule has 2 aromatic heterocycles. The standard InChI is InChI=1S/C19H14F3N3O3/c1-27-16-9-5-14(11-24-16)25-18(26)12-2-6-15(7-3-12)28-17-8-4-13(10-23-17)19(20,21)22/h2-11H,1H3,(H,25,26). The van der Waals surface area contributed by atoms with E-state index in [1.165, 1.54) is 37.6 Å². The van der Waals surface area contributed by atoms with Crippen molar-refractivity contribution in [2.75, 3.05) is 12.4 Å². The largest absolute Gasteiger partial charge is 0.481 e. The number of anilines is 1. The predicted octanol–water partition coefficient (Wildman–Crippen LogP) is 4.55. The average molecular weight is 389 g/mol. The normalized spacial score (nSPS) is 11.0. The molecular formula is C19H14F3N3O3. The summed E-state index contributed by atoms with van der Waals surface area (Å²) < 4.78 is 47.9. The van der Waals surface area contributed by atoms with Crippen molar-refractivity contribution in [1.29, 1.82) is 0 Å². The molecule has 0 aliphatic heterocycles. The van der Waals surface area contributed by atoms with Gasteiger partial charge in [0.05, 0.1) is 24.6 Å². The van der Waals surface area contributed by atoms with Crippen LogP contribution in [0.15, 0.2) is 60.9 Å². The molecule has 0 saturated heterocycles. The van der Waals surface area contributed by atoms with E-state index < -0.39 is 11.7 Å². The molecule has 0 spiro atoms. The monoisotopic (exact) mass is 389 g/mol. The fourth-order valence-electron chi connectivity index (χ4n) is 2.18. The number of carbonyl (C=O) groups is 1. The van der Waals surface area contributed by atoms with E-state index in [1.807, 2.05) is 0 Å². The Labute approximate surface area is 158 Å². The molecule has 144 valence electrons. The maximum Gasteiger partial charge on any atom is 0.417 e. The molecule has 2 heterocycles. The molecular weight excluding hydrogens is 375 g/mol. The van der Waals surface area contributed by atoms with Crippen LogP contribution in [-0.4, -0.2) is 23.0 Å². The molecule has 28 heavy (non-hydrogen) atoms. The smallest absolute Gasteiger partial charge is 0.417 e. The number of rotatable bonds is 5. The van der Waals surface area contributed by atoms with Crippen LogP contribution in [0.2, 0.25) is 0 Å². The van der Waals surface area contributed by atoms with Crippen LogP contribution in [0.3, 0.4) is 0 Å². The van der Waals surface area contributed by atoms with Crippen LogP contribution in [0.25, 0.3) is 0 Å². The number of hydrogen-bond donors (Lipinski definition) is 1. The number of carbonyl (C=O) groups excluding carboxylic acids is 1. The number of alkyl halides is 3. The van der Waals surface area contributed by atoms with Gasteiger partial charge < -0.3 is 14.8 Å². The third kappa shape index (κ3) is 4.76. The Balaban J connectivity index is 1.63. The van der Waals surface area contributed by atoms with Gasteiger partial charge in [0.2, 0.25) is 11.8 Å². The Morgan fingerprint density at radius 1 is 0.929 bits per heavy atom. The number of aromatic nitrogens is 2. The second-order valence-corrected chi connectivity index (χ2v) is 5.55. The molecule has 0 aliphatic carbocycles. The SMILES string of the molecule is COc1ccc(NC(=O)c2ccc(Oc3ccc(C(F)(F)F)cn3)cc2)cn1. The number of benzene rings is 1. The number of pyridine rings is 2.